The molecule has 0 radical (unpaired) electrons. The van der Waals surface area contributed by atoms with Gasteiger partial charge in [0.05, 0.1) is 11.0 Å². The molecule has 2 N–H and O–H groups in total. The van der Waals surface area contributed by atoms with Crippen molar-refractivity contribution < 1.29 is 13.5 Å². The molecule has 1 saturated carbocycles. The summed E-state index contributed by atoms with van der Waals surface area (Å²) in [4.78, 5) is 0.168. The van der Waals surface area contributed by atoms with Crippen LogP contribution in [-0.4, -0.2) is 25.7 Å². The molecule has 6 heteroatoms. The fourth-order valence-corrected chi connectivity index (χ4v) is 3.39. The molecule has 0 bridgehead atoms. The van der Waals surface area contributed by atoms with Gasteiger partial charge in [-0.25, -0.2) is 13.1 Å². The number of benzene rings is 1. The Balaban J connectivity index is 2.16. The second kappa shape index (κ2) is 4.94. The van der Waals surface area contributed by atoms with Crippen LogP contribution in [0.3, 0.4) is 0 Å². The maximum absolute atomic E-state index is 12.0. The normalized spacial score (nSPS) is 25.1. The van der Waals surface area contributed by atoms with Gasteiger partial charge in [0, 0.05) is 11.1 Å². The highest BCUT2D eigenvalue weighted by Crippen LogP contribution is 2.21. The molecule has 94 valence electrons. The molecule has 0 aromatic heterocycles. The number of hydrogen-bond acceptors (Lipinski definition) is 3. The molecule has 2 unspecified atom stereocenters. The van der Waals surface area contributed by atoms with Crippen LogP contribution in [-0.2, 0) is 10.0 Å². The molecule has 2 atom stereocenters. The van der Waals surface area contributed by atoms with Gasteiger partial charge in [-0.2, -0.15) is 0 Å². The molecule has 1 fully saturated rings. The summed E-state index contributed by atoms with van der Waals surface area (Å²) in [5.74, 6) is 0. The van der Waals surface area contributed by atoms with E-state index in [9.17, 15) is 13.5 Å². The van der Waals surface area contributed by atoms with E-state index in [2.05, 4.69) is 4.72 Å². The van der Waals surface area contributed by atoms with Crippen LogP contribution in [0.1, 0.15) is 19.3 Å². The quantitative estimate of drug-likeness (QED) is 0.879. The third-order valence-electron chi connectivity index (χ3n) is 2.91. The van der Waals surface area contributed by atoms with Gasteiger partial charge in [-0.05, 0) is 43.5 Å². The summed E-state index contributed by atoms with van der Waals surface area (Å²) >= 11 is 5.70. The number of halogens is 1. The van der Waals surface area contributed by atoms with Gasteiger partial charge >= 0.3 is 0 Å². The first-order valence-corrected chi connectivity index (χ1v) is 7.31. The van der Waals surface area contributed by atoms with Crippen molar-refractivity contribution in [2.75, 3.05) is 0 Å². The number of sulfonamides is 1. The van der Waals surface area contributed by atoms with Crippen LogP contribution in [0.2, 0.25) is 5.02 Å². The first-order chi connectivity index (χ1) is 7.99. The number of rotatable bonds is 3. The van der Waals surface area contributed by atoms with Crippen molar-refractivity contribution in [1.82, 2.24) is 4.72 Å². The molecule has 2 rings (SSSR count). The van der Waals surface area contributed by atoms with Gasteiger partial charge in [-0.15, -0.1) is 0 Å². The molecule has 1 aromatic rings. The summed E-state index contributed by atoms with van der Waals surface area (Å²) < 4.78 is 26.5. The van der Waals surface area contributed by atoms with Crippen molar-refractivity contribution in [1.29, 1.82) is 0 Å². The fourth-order valence-electron chi connectivity index (χ4n) is 1.96. The molecule has 1 aliphatic rings. The van der Waals surface area contributed by atoms with Crippen molar-refractivity contribution in [3.05, 3.63) is 29.3 Å². The first kappa shape index (κ1) is 12.8. The van der Waals surface area contributed by atoms with Crippen LogP contribution in [0.5, 0.6) is 0 Å². The lowest BCUT2D eigenvalue weighted by atomic mass is 10.2. The summed E-state index contributed by atoms with van der Waals surface area (Å²) in [5, 5.41) is 10.1. The highest BCUT2D eigenvalue weighted by molar-refractivity contribution is 7.89. The predicted octanol–water partition coefficient (Wildman–Crippen LogP) is 1.53. The summed E-state index contributed by atoms with van der Waals surface area (Å²) in [6.07, 6.45) is 1.58. The molecule has 1 aromatic carbocycles. The second-order valence-corrected chi connectivity index (χ2v) is 6.33. The average molecular weight is 276 g/mol. The highest BCUT2D eigenvalue weighted by Gasteiger charge is 2.29. The van der Waals surface area contributed by atoms with E-state index in [0.29, 0.717) is 17.9 Å². The van der Waals surface area contributed by atoms with Crippen molar-refractivity contribution >= 4 is 21.6 Å². The Morgan fingerprint density at radius 1 is 1.24 bits per heavy atom. The summed E-state index contributed by atoms with van der Waals surface area (Å²) in [7, 11) is -3.56. The number of nitrogens with one attached hydrogen (secondary N) is 1. The molecule has 0 amide bonds. The summed E-state index contributed by atoms with van der Waals surface area (Å²) in [6, 6.07) is 5.58. The van der Waals surface area contributed by atoms with E-state index < -0.39 is 16.1 Å². The highest BCUT2D eigenvalue weighted by atomic mass is 35.5. The van der Waals surface area contributed by atoms with Crippen LogP contribution < -0.4 is 4.72 Å². The van der Waals surface area contributed by atoms with Gasteiger partial charge in [0.2, 0.25) is 10.0 Å². The molecular weight excluding hydrogens is 262 g/mol. The average Bonchev–Trinajstić information content (AvgIpc) is 2.64. The van der Waals surface area contributed by atoms with Crippen LogP contribution in [0.25, 0.3) is 0 Å². The lowest BCUT2D eigenvalue weighted by molar-refractivity contribution is 0.159. The van der Waals surface area contributed by atoms with Crippen LogP contribution in [0, 0.1) is 0 Å². The lowest BCUT2D eigenvalue weighted by Crippen LogP contribution is -2.39. The zero-order valence-corrected chi connectivity index (χ0v) is 10.7. The van der Waals surface area contributed by atoms with E-state index in [1.165, 1.54) is 24.3 Å². The van der Waals surface area contributed by atoms with E-state index in [0.717, 1.165) is 6.42 Å². The minimum atomic E-state index is -3.56. The van der Waals surface area contributed by atoms with E-state index >= 15 is 0 Å². The molecule has 1 aliphatic carbocycles. The summed E-state index contributed by atoms with van der Waals surface area (Å²) in [5.41, 5.74) is 0. The van der Waals surface area contributed by atoms with E-state index in [1.54, 1.807) is 0 Å². The lowest BCUT2D eigenvalue weighted by Gasteiger charge is -2.16. The fraction of sp³-hybridized carbons (Fsp3) is 0.455. The van der Waals surface area contributed by atoms with Gasteiger partial charge in [-0.3, -0.25) is 0 Å². The smallest absolute Gasteiger partial charge is 0.240 e. The monoisotopic (exact) mass is 275 g/mol. The van der Waals surface area contributed by atoms with E-state index in [4.69, 9.17) is 11.6 Å². The molecular formula is C11H14ClNO3S. The van der Waals surface area contributed by atoms with Gasteiger partial charge in [-0.1, -0.05) is 11.6 Å². The van der Waals surface area contributed by atoms with E-state index in [-0.39, 0.29) is 10.9 Å². The SMILES string of the molecule is O=S(=O)(NC1CCCC1O)c1ccc(Cl)cc1. The molecule has 0 heterocycles. The number of aliphatic hydroxyl groups excluding tert-OH is 1. The van der Waals surface area contributed by atoms with E-state index in [1.807, 2.05) is 0 Å². The number of aliphatic hydroxyl groups is 1. The van der Waals surface area contributed by atoms with Gasteiger partial charge in [0.1, 0.15) is 0 Å². The third-order valence-corrected chi connectivity index (χ3v) is 4.67. The topological polar surface area (TPSA) is 66.4 Å². The molecule has 4 nitrogen and oxygen atoms in total. The van der Waals surface area contributed by atoms with Gasteiger partial charge in [0.15, 0.2) is 0 Å². The minimum Gasteiger partial charge on any atom is -0.391 e. The first-order valence-electron chi connectivity index (χ1n) is 5.45. The zero-order chi connectivity index (χ0) is 12.5. The predicted molar refractivity (Wildman–Crippen MR) is 65.4 cm³/mol. The Kier molecular flexibility index (Phi) is 3.73. The molecule has 0 spiro atoms. The van der Waals surface area contributed by atoms with Crippen molar-refractivity contribution in [2.24, 2.45) is 0 Å². The maximum Gasteiger partial charge on any atom is 0.240 e. The molecule has 0 saturated heterocycles. The largest absolute Gasteiger partial charge is 0.391 e. The molecule has 17 heavy (non-hydrogen) atoms. The Labute approximate surface area is 106 Å². The Morgan fingerprint density at radius 3 is 2.41 bits per heavy atom. The maximum atomic E-state index is 12.0. The standard InChI is InChI=1S/C11H14ClNO3S/c12-8-4-6-9(7-5-8)17(15,16)13-10-2-1-3-11(10)14/h4-7,10-11,13-14H,1-3H2. The number of hydrogen-bond donors (Lipinski definition) is 2. The third kappa shape index (κ3) is 2.98. The van der Waals surface area contributed by atoms with Crippen molar-refractivity contribution in [3.8, 4) is 0 Å². The van der Waals surface area contributed by atoms with Crippen LogP contribution >= 0.6 is 11.6 Å². The second-order valence-electron chi connectivity index (χ2n) is 4.18. The zero-order valence-electron chi connectivity index (χ0n) is 9.14. The van der Waals surface area contributed by atoms with Crippen LogP contribution in [0.15, 0.2) is 29.2 Å². The minimum absolute atomic E-state index is 0.168. The molecule has 0 aliphatic heterocycles. The van der Waals surface area contributed by atoms with Crippen molar-refractivity contribution in [3.63, 3.8) is 0 Å². The van der Waals surface area contributed by atoms with Gasteiger partial charge in [0.25, 0.3) is 0 Å². The Morgan fingerprint density at radius 2 is 1.88 bits per heavy atom. The van der Waals surface area contributed by atoms with Crippen molar-refractivity contribution in [2.45, 2.75) is 36.3 Å². The Hall–Kier alpha value is -0.620. The Bertz CT molecular complexity index is 486. The van der Waals surface area contributed by atoms with Gasteiger partial charge < -0.3 is 5.11 Å². The summed E-state index contributed by atoms with van der Waals surface area (Å²) in [6.45, 7) is 0. The van der Waals surface area contributed by atoms with Crippen LogP contribution in [0.4, 0.5) is 0 Å².